The van der Waals surface area contributed by atoms with Crippen molar-refractivity contribution in [2.75, 3.05) is 6.54 Å². The smallest absolute Gasteiger partial charge is 0.136 e. The Morgan fingerprint density at radius 2 is 1.81 bits per heavy atom. The van der Waals surface area contributed by atoms with E-state index in [9.17, 15) is 4.79 Å². The highest BCUT2D eigenvalue weighted by Crippen LogP contribution is 2.33. The number of rotatable bonds is 5. The second kappa shape index (κ2) is 5.31. The summed E-state index contributed by atoms with van der Waals surface area (Å²) in [6, 6.07) is 1.20. The summed E-state index contributed by atoms with van der Waals surface area (Å²) < 4.78 is 0. The van der Waals surface area contributed by atoms with Crippen molar-refractivity contribution in [3.8, 4) is 0 Å². The summed E-state index contributed by atoms with van der Waals surface area (Å²) in [6.45, 7) is 5.82. The third-order valence-corrected chi connectivity index (χ3v) is 4.15. The summed E-state index contributed by atoms with van der Waals surface area (Å²) >= 11 is 0. The quantitative estimate of drug-likeness (QED) is 0.668. The fourth-order valence-corrected chi connectivity index (χ4v) is 3.27. The number of hydrogen-bond acceptors (Lipinski definition) is 2. The molecule has 2 atom stereocenters. The number of hydrogen-bond donors (Lipinski definition) is 0. The topological polar surface area (TPSA) is 20.3 Å². The number of ketones is 1. The average molecular weight is 223 g/mol. The molecule has 2 aliphatic heterocycles. The lowest BCUT2D eigenvalue weighted by atomic mass is 10.0. The van der Waals surface area contributed by atoms with Gasteiger partial charge in [0.2, 0.25) is 0 Å². The Morgan fingerprint density at radius 1 is 1.19 bits per heavy atom. The molecule has 16 heavy (non-hydrogen) atoms. The van der Waals surface area contributed by atoms with Crippen LogP contribution < -0.4 is 0 Å². The molecule has 2 unspecified atom stereocenters. The molecule has 2 bridgehead atoms. The molecule has 0 N–H and O–H groups in total. The number of nitrogens with zero attached hydrogens (tertiary/aromatic N) is 1. The van der Waals surface area contributed by atoms with Crippen molar-refractivity contribution in [2.45, 2.75) is 70.9 Å². The van der Waals surface area contributed by atoms with Gasteiger partial charge < -0.3 is 0 Å². The Labute approximate surface area is 99.4 Å². The minimum atomic E-state index is 0.505. The Morgan fingerprint density at radius 3 is 2.38 bits per heavy atom. The molecule has 0 spiro atoms. The molecule has 0 aromatic rings. The van der Waals surface area contributed by atoms with E-state index in [4.69, 9.17) is 0 Å². The van der Waals surface area contributed by atoms with Gasteiger partial charge in [-0.3, -0.25) is 9.69 Å². The Bertz CT molecular complexity index is 233. The van der Waals surface area contributed by atoms with Crippen LogP contribution >= 0.6 is 0 Å². The maximum atomic E-state index is 11.5. The van der Waals surface area contributed by atoms with Gasteiger partial charge in [-0.15, -0.1) is 0 Å². The zero-order chi connectivity index (χ0) is 11.5. The van der Waals surface area contributed by atoms with Gasteiger partial charge in [0, 0.05) is 24.9 Å². The molecule has 2 saturated heterocycles. The molecule has 0 aromatic heterocycles. The standard InChI is InChI=1S/C14H25NO/c1-11(2)5-3-4-8-15-12-6-7-13(15)10-14(16)9-12/h11-13H,3-10H2,1-2H3. The van der Waals surface area contributed by atoms with E-state index in [1.165, 1.54) is 38.6 Å². The molecule has 2 nitrogen and oxygen atoms in total. The van der Waals surface area contributed by atoms with Crippen LogP contribution in [0, 0.1) is 5.92 Å². The number of piperidine rings is 1. The van der Waals surface area contributed by atoms with Gasteiger partial charge >= 0.3 is 0 Å². The minimum absolute atomic E-state index is 0.505. The fourth-order valence-electron chi connectivity index (χ4n) is 3.27. The van der Waals surface area contributed by atoms with E-state index in [2.05, 4.69) is 18.7 Å². The maximum Gasteiger partial charge on any atom is 0.136 e. The molecule has 0 amide bonds. The van der Waals surface area contributed by atoms with Crippen LogP contribution in [0.1, 0.15) is 58.8 Å². The molecule has 2 rings (SSSR count). The van der Waals surface area contributed by atoms with Crippen LogP contribution in [0.4, 0.5) is 0 Å². The van der Waals surface area contributed by atoms with Crippen LogP contribution in [0.5, 0.6) is 0 Å². The molecule has 0 aromatic carbocycles. The van der Waals surface area contributed by atoms with Crippen molar-refractivity contribution in [1.82, 2.24) is 4.90 Å². The van der Waals surface area contributed by atoms with Crippen molar-refractivity contribution in [3.05, 3.63) is 0 Å². The SMILES string of the molecule is CC(C)CCCCN1C2CCC1CC(=O)C2. The van der Waals surface area contributed by atoms with Gasteiger partial charge in [0.1, 0.15) is 5.78 Å². The third-order valence-electron chi connectivity index (χ3n) is 4.15. The summed E-state index contributed by atoms with van der Waals surface area (Å²) in [5.74, 6) is 1.34. The van der Waals surface area contributed by atoms with E-state index in [0.717, 1.165) is 18.8 Å². The van der Waals surface area contributed by atoms with Crippen LogP contribution in [0.3, 0.4) is 0 Å². The Balaban J connectivity index is 1.72. The van der Waals surface area contributed by atoms with E-state index < -0.39 is 0 Å². The predicted octanol–water partition coefficient (Wildman–Crippen LogP) is 3.01. The van der Waals surface area contributed by atoms with Crippen molar-refractivity contribution in [3.63, 3.8) is 0 Å². The van der Waals surface area contributed by atoms with Crippen LogP contribution in [0.25, 0.3) is 0 Å². The largest absolute Gasteiger partial charge is 0.300 e. The summed E-state index contributed by atoms with van der Waals surface area (Å²) in [7, 11) is 0. The van der Waals surface area contributed by atoms with Crippen LogP contribution in [-0.4, -0.2) is 29.3 Å². The van der Waals surface area contributed by atoms with Gasteiger partial charge in [0.25, 0.3) is 0 Å². The highest BCUT2D eigenvalue weighted by molar-refractivity contribution is 5.80. The molecule has 2 fully saturated rings. The summed E-state index contributed by atoms with van der Waals surface area (Å²) in [4.78, 5) is 14.1. The van der Waals surface area contributed by atoms with Gasteiger partial charge in [-0.25, -0.2) is 0 Å². The second-order valence-electron chi connectivity index (χ2n) is 5.96. The predicted molar refractivity (Wildman–Crippen MR) is 66.4 cm³/mol. The van der Waals surface area contributed by atoms with Gasteiger partial charge in [-0.2, -0.15) is 0 Å². The monoisotopic (exact) mass is 223 g/mol. The first kappa shape index (κ1) is 12.1. The zero-order valence-electron chi connectivity index (χ0n) is 10.7. The van der Waals surface area contributed by atoms with Crippen molar-refractivity contribution < 1.29 is 4.79 Å². The second-order valence-corrected chi connectivity index (χ2v) is 5.96. The van der Waals surface area contributed by atoms with Crippen LogP contribution in [0.2, 0.25) is 0 Å². The molecule has 0 saturated carbocycles. The zero-order valence-corrected chi connectivity index (χ0v) is 10.7. The Kier molecular flexibility index (Phi) is 4.01. The third kappa shape index (κ3) is 2.85. The van der Waals surface area contributed by atoms with Gasteiger partial charge in [-0.1, -0.05) is 26.7 Å². The molecule has 0 radical (unpaired) electrons. The number of fused-ring (bicyclic) bond motifs is 2. The number of unbranched alkanes of at least 4 members (excludes halogenated alkanes) is 1. The number of carbonyl (C=O) groups is 1. The first-order chi connectivity index (χ1) is 7.66. The van der Waals surface area contributed by atoms with E-state index in [1.54, 1.807) is 0 Å². The van der Waals surface area contributed by atoms with Gasteiger partial charge in [-0.05, 0) is 31.7 Å². The molecule has 2 heterocycles. The summed E-state index contributed by atoms with van der Waals surface area (Å²) in [6.07, 6.45) is 8.21. The van der Waals surface area contributed by atoms with Crippen molar-refractivity contribution >= 4 is 5.78 Å². The Hall–Kier alpha value is -0.370. The van der Waals surface area contributed by atoms with Gasteiger partial charge in [0.15, 0.2) is 0 Å². The molecule has 92 valence electrons. The normalized spacial score (nSPS) is 30.3. The highest BCUT2D eigenvalue weighted by atomic mass is 16.1. The molecular formula is C14H25NO. The van der Waals surface area contributed by atoms with Crippen LogP contribution in [-0.2, 0) is 4.79 Å². The molecule has 2 aliphatic rings. The van der Waals surface area contributed by atoms with Crippen molar-refractivity contribution in [1.29, 1.82) is 0 Å². The molecular weight excluding hydrogens is 198 g/mol. The highest BCUT2D eigenvalue weighted by Gasteiger charge is 2.39. The lowest BCUT2D eigenvalue weighted by molar-refractivity contribution is -0.123. The lowest BCUT2D eigenvalue weighted by Crippen LogP contribution is -2.43. The summed E-state index contributed by atoms with van der Waals surface area (Å²) in [5.41, 5.74) is 0. The van der Waals surface area contributed by atoms with E-state index in [-0.39, 0.29) is 0 Å². The average Bonchev–Trinajstić information content (AvgIpc) is 2.45. The van der Waals surface area contributed by atoms with E-state index in [0.29, 0.717) is 17.9 Å². The van der Waals surface area contributed by atoms with Crippen LogP contribution in [0.15, 0.2) is 0 Å². The molecule has 2 heteroatoms. The fraction of sp³-hybridized carbons (Fsp3) is 0.929. The van der Waals surface area contributed by atoms with Crippen molar-refractivity contribution in [2.24, 2.45) is 5.92 Å². The number of carbonyl (C=O) groups excluding carboxylic acids is 1. The first-order valence-electron chi connectivity index (χ1n) is 6.94. The lowest BCUT2D eigenvalue weighted by Gasteiger charge is -2.33. The number of Topliss-reactive ketones (excluding diaryl/α,β-unsaturated/α-hetero) is 1. The van der Waals surface area contributed by atoms with E-state index >= 15 is 0 Å². The molecule has 0 aliphatic carbocycles. The minimum Gasteiger partial charge on any atom is -0.300 e. The first-order valence-corrected chi connectivity index (χ1v) is 6.94. The van der Waals surface area contributed by atoms with E-state index in [1.807, 2.05) is 0 Å². The maximum absolute atomic E-state index is 11.5. The summed E-state index contributed by atoms with van der Waals surface area (Å²) in [5, 5.41) is 0. The van der Waals surface area contributed by atoms with Gasteiger partial charge in [0.05, 0.1) is 0 Å².